The van der Waals surface area contributed by atoms with Crippen molar-refractivity contribution >= 4 is 34.7 Å². The third-order valence-electron chi connectivity index (χ3n) is 3.81. The Bertz CT molecular complexity index is 937. The Labute approximate surface area is 162 Å². The van der Waals surface area contributed by atoms with Crippen LogP contribution in [0.3, 0.4) is 0 Å². The van der Waals surface area contributed by atoms with Gasteiger partial charge < -0.3 is 9.47 Å². The number of alkyl halides is 3. The molecule has 2 aromatic rings. The van der Waals surface area contributed by atoms with E-state index in [-0.39, 0.29) is 16.3 Å². The topological polar surface area (TPSA) is 55.8 Å². The number of benzene rings is 2. The molecule has 146 valence electrons. The lowest BCUT2D eigenvalue weighted by Gasteiger charge is -2.16. The van der Waals surface area contributed by atoms with Crippen LogP contribution in [0.5, 0.6) is 11.5 Å². The van der Waals surface area contributed by atoms with Crippen LogP contribution in [0.2, 0.25) is 0 Å². The van der Waals surface area contributed by atoms with Gasteiger partial charge in [-0.3, -0.25) is 9.59 Å². The normalized spacial score (nSPS) is 14.7. The molecule has 0 unspecified atom stereocenters. The predicted octanol–water partition coefficient (Wildman–Crippen LogP) is 4.51. The summed E-state index contributed by atoms with van der Waals surface area (Å²) in [6.45, 7) is 2.30. The molecule has 0 saturated heterocycles. The van der Waals surface area contributed by atoms with Gasteiger partial charge in [0.2, 0.25) is 0 Å². The van der Waals surface area contributed by atoms with E-state index in [4.69, 9.17) is 16.3 Å². The summed E-state index contributed by atoms with van der Waals surface area (Å²) in [7, 11) is 0. The van der Waals surface area contributed by atoms with Crippen LogP contribution in [0.15, 0.2) is 53.6 Å². The fourth-order valence-electron chi connectivity index (χ4n) is 2.67. The van der Waals surface area contributed by atoms with Gasteiger partial charge in [-0.2, -0.15) is 0 Å². The van der Waals surface area contributed by atoms with Crippen molar-refractivity contribution in [2.24, 2.45) is 0 Å². The number of carbonyl (C=O) groups excluding carboxylic acids is 2. The maximum Gasteiger partial charge on any atom is 0.573 e. The molecule has 0 spiro atoms. The molecule has 9 heteroatoms. The van der Waals surface area contributed by atoms with Crippen molar-refractivity contribution in [3.8, 4) is 11.5 Å². The summed E-state index contributed by atoms with van der Waals surface area (Å²) >= 11 is 6.08. The first kappa shape index (κ1) is 19.8. The molecule has 28 heavy (non-hydrogen) atoms. The number of carbonyl (C=O) groups is 2. The zero-order valence-electron chi connectivity index (χ0n) is 14.4. The first-order chi connectivity index (χ1) is 13.2. The number of imide groups is 1. The molecule has 3 rings (SSSR count). The van der Waals surface area contributed by atoms with Crippen LogP contribution in [0.1, 0.15) is 12.5 Å². The molecule has 1 aliphatic rings. The predicted molar refractivity (Wildman–Crippen MR) is 96.0 cm³/mol. The maximum atomic E-state index is 12.8. The molecule has 0 saturated carbocycles. The largest absolute Gasteiger partial charge is 0.573 e. The molecule has 0 N–H and O–H groups in total. The van der Waals surface area contributed by atoms with Gasteiger partial charge >= 0.3 is 6.36 Å². The number of rotatable bonds is 5. The number of amides is 2. The number of halogens is 4. The highest BCUT2D eigenvalue weighted by atomic mass is 35.5. The first-order valence-corrected chi connectivity index (χ1v) is 8.46. The summed E-state index contributed by atoms with van der Waals surface area (Å²) < 4.78 is 45.9. The van der Waals surface area contributed by atoms with Gasteiger partial charge in [-0.25, -0.2) is 4.90 Å². The van der Waals surface area contributed by atoms with Crippen LogP contribution in [0.25, 0.3) is 5.57 Å². The van der Waals surface area contributed by atoms with Crippen LogP contribution in [-0.4, -0.2) is 24.8 Å². The van der Waals surface area contributed by atoms with Crippen molar-refractivity contribution in [3.05, 3.63) is 59.1 Å². The highest BCUT2D eigenvalue weighted by molar-refractivity contribution is 6.60. The molecule has 0 atom stereocenters. The van der Waals surface area contributed by atoms with Gasteiger partial charge in [0, 0.05) is 0 Å². The van der Waals surface area contributed by atoms with E-state index >= 15 is 0 Å². The third-order valence-corrected chi connectivity index (χ3v) is 4.16. The Morgan fingerprint density at radius 3 is 2.04 bits per heavy atom. The summed E-state index contributed by atoms with van der Waals surface area (Å²) in [6, 6.07) is 10.8. The number of anilines is 1. The Hall–Kier alpha value is -3.00. The average Bonchev–Trinajstić information content (AvgIpc) is 2.85. The minimum absolute atomic E-state index is 0.00494. The van der Waals surface area contributed by atoms with Gasteiger partial charge in [-0.1, -0.05) is 23.7 Å². The van der Waals surface area contributed by atoms with E-state index in [0.717, 1.165) is 17.0 Å². The fraction of sp³-hybridized carbons (Fsp3) is 0.158. The number of hydrogen-bond donors (Lipinski definition) is 0. The van der Waals surface area contributed by atoms with Crippen LogP contribution < -0.4 is 14.4 Å². The van der Waals surface area contributed by atoms with Crippen molar-refractivity contribution < 1.29 is 32.2 Å². The second-order valence-electron chi connectivity index (χ2n) is 5.63. The highest BCUT2D eigenvalue weighted by Crippen LogP contribution is 2.36. The number of ether oxygens (including phenoxy) is 2. The zero-order valence-corrected chi connectivity index (χ0v) is 15.2. The monoisotopic (exact) mass is 411 g/mol. The van der Waals surface area contributed by atoms with Crippen molar-refractivity contribution in [2.45, 2.75) is 13.3 Å². The maximum absolute atomic E-state index is 12.8. The van der Waals surface area contributed by atoms with Crippen LogP contribution in [-0.2, 0) is 9.59 Å². The smallest absolute Gasteiger partial charge is 0.494 e. The Balaban J connectivity index is 1.86. The van der Waals surface area contributed by atoms with E-state index in [1.165, 1.54) is 12.1 Å². The van der Waals surface area contributed by atoms with E-state index in [0.29, 0.717) is 17.9 Å². The SMILES string of the molecule is CCOc1ccc(C2=C(Cl)C(=O)N(c3ccc(OC(F)(F)F)cc3)C2=O)cc1. The lowest BCUT2D eigenvalue weighted by atomic mass is 10.1. The summed E-state index contributed by atoms with van der Waals surface area (Å²) in [5.41, 5.74) is 0.500. The van der Waals surface area contributed by atoms with E-state index in [9.17, 15) is 22.8 Å². The molecule has 2 amide bonds. The highest BCUT2D eigenvalue weighted by Gasteiger charge is 2.39. The summed E-state index contributed by atoms with van der Waals surface area (Å²) in [4.78, 5) is 26.0. The molecule has 0 radical (unpaired) electrons. The minimum atomic E-state index is -4.84. The fourth-order valence-corrected chi connectivity index (χ4v) is 2.94. The Morgan fingerprint density at radius 1 is 0.929 bits per heavy atom. The van der Waals surface area contributed by atoms with E-state index in [1.807, 2.05) is 6.92 Å². The number of nitrogens with zero attached hydrogens (tertiary/aromatic N) is 1. The van der Waals surface area contributed by atoms with Gasteiger partial charge in [0.1, 0.15) is 16.5 Å². The van der Waals surface area contributed by atoms with E-state index < -0.39 is 23.9 Å². The van der Waals surface area contributed by atoms with Crippen molar-refractivity contribution in [3.63, 3.8) is 0 Å². The molecule has 5 nitrogen and oxygen atoms in total. The number of hydrogen-bond acceptors (Lipinski definition) is 4. The molecule has 0 bridgehead atoms. The van der Waals surface area contributed by atoms with Crippen molar-refractivity contribution in [1.29, 1.82) is 0 Å². The van der Waals surface area contributed by atoms with Crippen molar-refractivity contribution in [2.75, 3.05) is 11.5 Å². The Morgan fingerprint density at radius 2 is 1.50 bits per heavy atom. The molecule has 1 aliphatic heterocycles. The second-order valence-corrected chi connectivity index (χ2v) is 6.01. The van der Waals surface area contributed by atoms with E-state index in [2.05, 4.69) is 4.74 Å². The molecule has 1 heterocycles. The van der Waals surface area contributed by atoms with Gasteiger partial charge in [0.15, 0.2) is 0 Å². The molecule has 2 aromatic carbocycles. The first-order valence-electron chi connectivity index (χ1n) is 8.09. The lowest BCUT2D eigenvalue weighted by Crippen LogP contribution is -2.31. The molecule has 0 aromatic heterocycles. The van der Waals surface area contributed by atoms with Crippen LogP contribution >= 0.6 is 11.6 Å². The van der Waals surface area contributed by atoms with Gasteiger partial charge in [-0.15, -0.1) is 13.2 Å². The van der Waals surface area contributed by atoms with Crippen LogP contribution in [0.4, 0.5) is 18.9 Å². The summed E-state index contributed by atoms with van der Waals surface area (Å²) in [6.07, 6.45) is -4.84. The second kappa shape index (κ2) is 7.55. The van der Waals surface area contributed by atoms with Gasteiger partial charge in [0.25, 0.3) is 11.8 Å². The van der Waals surface area contributed by atoms with Gasteiger partial charge in [-0.05, 0) is 48.9 Å². The van der Waals surface area contributed by atoms with E-state index in [1.54, 1.807) is 24.3 Å². The van der Waals surface area contributed by atoms with Crippen LogP contribution in [0, 0.1) is 0 Å². The zero-order chi connectivity index (χ0) is 20.5. The third kappa shape index (κ3) is 3.96. The summed E-state index contributed by atoms with van der Waals surface area (Å²) in [5.74, 6) is -1.32. The standard InChI is InChI=1S/C19H13ClF3NO4/c1-2-27-13-7-3-11(4-8-13)15-16(20)18(26)24(17(15)25)12-5-9-14(10-6-12)28-19(21,22)23/h3-10H,2H2,1H3. The molecule has 0 aliphatic carbocycles. The average molecular weight is 412 g/mol. The minimum Gasteiger partial charge on any atom is -0.494 e. The van der Waals surface area contributed by atoms with Crippen molar-refractivity contribution in [1.82, 2.24) is 0 Å². The molecular weight excluding hydrogens is 399 g/mol. The lowest BCUT2D eigenvalue weighted by molar-refractivity contribution is -0.274. The van der Waals surface area contributed by atoms with Gasteiger partial charge in [0.05, 0.1) is 17.9 Å². The quantitative estimate of drug-likeness (QED) is 0.679. The molecule has 0 fully saturated rings. The summed E-state index contributed by atoms with van der Waals surface area (Å²) in [5, 5.41) is -0.273. The Kier molecular flexibility index (Phi) is 5.33. The molecular formula is C19H13ClF3NO4.